The number of primary sulfonamides is 1. The van der Waals surface area contributed by atoms with Crippen LogP contribution >= 0.6 is 0 Å². The molecule has 0 spiro atoms. The van der Waals surface area contributed by atoms with Crippen LogP contribution in [-0.2, 0) is 29.4 Å². The highest BCUT2D eigenvalue weighted by Crippen LogP contribution is 2.20. The van der Waals surface area contributed by atoms with Crippen molar-refractivity contribution in [3.05, 3.63) is 11.4 Å². The Kier molecular flexibility index (Phi) is 4.03. The summed E-state index contributed by atoms with van der Waals surface area (Å²) >= 11 is 0. The third-order valence-corrected chi connectivity index (χ3v) is 3.37. The molecule has 0 fully saturated rings. The lowest BCUT2D eigenvalue weighted by Gasteiger charge is -2.04. The first-order chi connectivity index (χ1) is 7.45. The molecule has 0 saturated carbocycles. The third kappa shape index (κ3) is 2.41. The quantitative estimate of drug-likeness (QED) is 0.831. The van der Waals surface area contributed by atoms with E-state index in [9.17, 15) is 12.8 Å². The van der Waals surface area contributed by atoms with Crippen LogP contribution in [0.25, 0.3) is 0 Å². The molecule has 1 heterocycles. The van der Waals surface area contributed by atoms with E-state index in [0.717, 1.165) is 0 Å². The van der Waals surface area contributed by atoms with E-state index in [-0.39, 0.29) is 11.4 Å². The minimum absolute atomic E-state index is 0.0611. The second kappa shape index (κ2) is 4.92. The monoisotopic (exact) mass is 249 g/mol. The SMILES string of the molecule is CCc1nn(CCF)c(CC)c1S(N)(=O)=O. The Morgan fingerprint density at radius 1 is 1.38 bits per heavy atom. The Balaban J connectivity index is 3.43. The number of nitrogens with two attached hydrogens (primary N) is 1. The molecule has 92 valence electrons. The van der Waals surface area contributed by atoms with E-state index in [1.807, 2.05) is 0 Å². The minimum Gasteiger partial charge on any atom is -0.265 e. The van der Waals surface area contributed by atoms with Gasteiger partial charge >= 0.3 is 0 Å². The van der Waals surface area contributed by atoms with Gasteiger partial charge in [-0.2, -0.15) is 5.10 Å². The number of hydrogen-bond donors (Lipinski definition) is 1. The van der Waals surface area contributed by atoms with Crippen molar-refractivity contribution < 1.29 is 12.8 Å². The molecule has 0 aliphatic carbocycles. The maximum atomic E-state index is 12.3. The van der Waals surface area contributed by atoms with E-state index in [2.05, 4.69) is 5.10 Å². The molecule has 5 nitrogen and oxygen atoms in total. The van der Waals surface area contributed by atoms with Crippen molar-refractivity contribution in [3.63, 3.8) is 0 Å². The van der Waals surface area contributed by atoms with Gasteiger partial charge in [0.05, 0.1) is 17.9 Å². The molecule has 0 bridgehead atoms. The van der Waals surface area contributed by atoms with Crippen LogP contribution in [0.3, 0.4) is 0 Å². The maximum absolute atomic E-state index is 12.3. The van der Waals surface area contributed by atoms with Crippen molar-refractivity contribution in [1.29, 1.82) is 0 Å². The van der Waals surface area contributed by atoms with E-state index >= 15 is 0 Å². The molecular weight excluding hydrogens is 233 g/mol. The predicted molar refractivity (Wildman–Crippen MR) is 58.3 cm³/mol. The average Bonchev–Trinajstić information content (AvgIpc) is 2.55. The van der Waals surface area contributed by atoms with Crippen molar-refractivity contribution in [2.75, 3.05) is 6.67 Å². The molecule has 0 unspecified atom stereocenters. The predicted octanol–water partition coefficient (Wildman–Crippen LogP) is 0.625. The molecule has 0 aliphatic heterocycles. The molecule has 7 heteroatoms. The van der Waals surface area contributed by atoms with Crippen LogP contribution in [0, 0.1) is 0 Å². The van der Waals surface area contributed by atoms with E-state index < -0.39 is 16.7 Å². The molecule has 1 aromatic heterocycles. The van der Waals surface area contributed by atoms with Gasteiger partial charge in [-0.15, -0.1) is 0 Å². The maximum Gasteiger partial charge on any atom is 0.241 e. The second-order valence-corrected chi connectivity index (χ2v) is 4.89. The van der Waals surface area contributed by atoms with E-state index in [1.54, 1.807) is 13.8 Å². The van der Waals surface area contributed by atoms with Gasteiger partial charge in [-0.3, -0.25) is 4.68 Å². The summed E-state index contributed by atoms with van der Waals surface area (Å²) in [5.41, 5.74) is 0.893. The second-order valence-electron chi connectivity index (χ2n) is 3.39. The molecule has 0 aliphatic rings. The molecule has 0 saturated heterocycles. The van der Waals surface area contributed by atoms with Crippen LogP contribution in [0.5, 0.6) is 0 Å². The fraction of sp³-hybridized carbons (Fsp3) is 0.667. The Morgan fingerprint density at radius 2 is 2.00 bits per heavy atom. The fourth-order valence-corrected chi connectivity index (χ4v) is 2.79. The number of nitrogens with zero attached hydrogens (tertiary/aromatic N) is 2. The van der Waals surface area contributed by atoms with Crippen LogP contribution in [-0.4, -0.2) is 24.9 Å². The Hall–Kier alpha value is -0.950. The zero-order valence-electron chi connectivity index (χ0n) is 9.40. The standard InChI is InChI=1S/C9H16FN3O2S/c1-3-7-9(16(11,14)15)8(4-2)13(12-7)6-5-10/h3-6H2,1-2H3,(H2,11,14,15). The van der Waals surface area contributed by atoms with Gasteiger partial charge in [0.15, 0.2) is 0 Å². The topological polar surface area (TPSA) is 78.0 Å². The lowest BCUT2D eigenvalue weighted by atomic mass is 10.2. The van der Waals surface area contributed by atoms with Crippen molar-refractivity contribution in [1.82, 2.24) is 9.78 Å². The van der Waals surface area contributed by atoms with Gasteiger partial charge in [-0.05, 0) is 12.8 Å². The third-order valence-electron chi connectivity index (χ3n) is 2.33. The summed E-state index contributed by atoms with van der Waals surface area (Å²) in [7, 11) is -3.79. The van der Waals surface area contributed by atoms with Crippen LogP contribution in [0.2, 0.25) is 0 Å². The first kappa shape index (κ1) is 13.1. The van der Waals surface area contributed by atoms with E-state index in [0.29, 0.717) is 24.2 Å². The molecular formula is C9H16FN3O2S. The molecule has 1 rings (SSSR count). The van der Waals surface area contributed by atoms with Crippen molar-refractivity contribution >= 4 is 10.0 Å². The normalized spacial score (nSPS) is 12.0. The number of alkyl halides is 1. The highest BCUT2D eigenvalue weighted by atomic mass is 32.2. The molecule has 1 aromatic rings. The summed E-state index contributed by atoms with van der Waals surface area (Å²) in [4.78, 5) is 0.0611. The zero-order valence-corrected chi connectivity index (χ0v) is 10.2. The van der Waals surface area contributed by atoms with Gasteiger partial charge in [0.1, 0.15) is 11.6 Å². The molecule has 16 heavy (non-hydrogen) atoms. The number of halogens is 1. The lowest BCUT2D eigenvalue weighted by Crippen LogP contribution is -2.16. The first-order valence-corrected chi connectivity index (χ1v) is 6.67. The summed E-state index contributed by atoms with van der Waals surface area (Å²) in [5.74, 6) is 0. The summed E-state index contributed by atoms with van der Waals surface area (Å²) in [6.07, 6.45) is 0.914. The van der Waals surface area contributed by atoms with E-state index in [1.165, 1.54) is 4.68 Å². The van der Waals surface area contributed by atoms with E-state index in [4.69, 9.17) is 5.14 Å². The largest absolute Gasteiger partial charge is 0.265 e. The zero-order chi connectivity index (χ0) is 12.3. The Bertz CT molecular complexity index is 467. The van der Waals surface area contributed by atoms with Crippen LogP contribution in [0.15, 0.2) is 4.90 Å². The Morgan fingerprint density at radius 3 is 2.38 bits per heavy atom. The first-order valence-electron chi connectivity index (χ1n) is 5.13. The molecule has 0 radical (unpaired) electrons. The van der Waals surface area contributed by atoms with Gasteiger partial charge in [0, 0.05) is 0 Å². The molecule has 0 amide bonds. The number of sulfonamides is 1. The van der Waals surface area contributed by atoms with Crippen molar-refractivity contribution in [3.8, 4) is 0 Å². The van der Waals surface area contributed by atoms with Gasteiger partial charge in [0.25, 0.3) is 0 Å². The van der Waals surface area contributed by atoms with Gasteiger partial charge in [-0.25, -0.2) is 17.9 Å². The highest BCUT2D eigenvalue weighted by Gasteiger charge is 2.23. The van der Waals surface area contributed by atoms with Crippen LogP contribution in [0.4, 0.5) is 4.39 Å². The molecule has 0 aromatic carbocycles. The van der Waals surface area contributed by atoms with Crippen LogP contribution < -0.4 is 5.14 Å². The number of aryl methyl sites for hydroxylation is 2. The number of rotatable bonds is 5. The highest BCUT2D eigenvalue weighted by molar-refractivity contribution is 7.89. The van der Waals surface area contributed by atoms with Gasteiger partial charge in [0.2, 0.25) is 10.0 Å². The number of hydrogen-bond acceptors (Lipinski definition) is 3. The van der Waals surface area contributed by atoms with Crippen molar-refractivity contribution in [2.24, 2.45) is 5.14 Å². The van der Waals surface area contributed by atoms with Gasteiger partial charge < -0.3 is 0 Å². The van der Waals surface area contributed by atoms with Gasteiger partial charge in [-0.1, -0.05) is 13.8 Å². The van der Waals surface area contributed by atoms with Crippen molar-refractivity contribution in [2.45, 2.75) is 38.1 Å². The Labute approximate surface area is 94.5 Å². The summed E-state index contributed by atoms with van der Waals surface area (Å²) in [6.45, 7) is 3.06. The lowest BCUT2D eigenvalue weighted by molar-refractivity contribution is 0.419. The molecule has 2 N–H and O–H groups in total. The smallest absolute Gasteiger partial charge is 0.241 e. The van der Waals surface area contributed by atoms with Crippen LogP contribution in [0.1, 0.15) is 25.2 Å². The summed E-state index contributed by atoms with van der Waals surface area (Å²) in [5, 5.41) is 9.22. The number of aromatic nitrogens is 2. The molecule has 0 atom stereocenters. The summed E-state index contributed by atoms with van der Waals surface area (Å²) < 4.78 is 36.6. The average molecular weight is 249 g/mol. The minimum atomic E-state index is -3.79. The fourth-order valence-electron chi connectivity index (χ4n) is 1.70. The summed E-state index contributed by atoms with van der Waals surface area (Å²) in [6, 6.07) is 0.